The van der Waals surface area contributed by atoms with Crippen LogP contribution in [0.4, 0.5) is 5.69 Å². The van der Waals surface area contributed by atoms with Gasteiger partial charge in [0.1, 0.15) is 0 Å². The second kappa shape index (κ2) is 6.08. The van der Waals surface area contributed by atoms with Crippen LogP contribution in [0.15, 0.2) is 63.6 Å². The second-order valence-corrected chi connectivity index (χ2v) is 6.05. The molecule has 0 atom stereocenters. The summed E-state index contributed by atoms with van der Waals surface area (Å²) in [7, 11) is 0. The molecule has 0 bridgehead atoms. The molecular formula is C17H10IN3O3. The van der Waals surface area contributed by atoms with E-state index in [4.69, 9.17) is 8.83 Å². The number of rotatable bonds is 3. The number of nitrogens with zero attached hydrogens (tertiary/aromatic N) is 2. The number of amides is 1. The molecule has 0 saturated carbocycles. The average Bonchev–Trinajstić information content (AvgIpc) is 3.21. The van der Waals surface area contributed by atoms with E-state index < -0.39 is 0 Å². The van der Waals surface area contributed by atoms with E-state index in [1.807, 2.05) is 40.8 Å². The molecule has 0 radical (unpaired) electrons. The highest BCUT2D eigenvalue weighted by atomic mass is 127. The van der Waals surface area contributed by atoms with Gasteiger partial charge in [-0.3, -0.25) is 4.79 Å². The zero-order valence-electron chi connectivity index (χ0n) is 12.2. The molecule has 4 rings (SSSR count). The van der Waals surface area contributed by atoms with Gasteiger partial charge in [0.2, 0.25) is 5.89 Å². The fraction of sp³-hybridized carbons (Fsp3) is 0. The number of carbonyl (C=O) groups is 1. The minimum absolute atomic E-state index is 0.260. The Hall–Kier alpha value is -2.68. The zero-order valence-corrected chi connectivity index (χ0v) is 14.4. The van der Waals surface area contributed by atoms with Crippen molar-refractivity contribution in [3.05, 3.63) is 64.3 Å². The molecule has 3 heterocycles. The minimum Gasteiger partial charge on any atom is -0.445 e. The summed E-state index contributed by atoms with van der Waals surface area (Å²) >= 11 is 2.01. The van der Waals surface area contributed by atoms with Gasteiger partial charge in [0.25, 0.3) is 5.91 Å². The van der Waals surface area contributed by atoms with E-state index in [1.54, 1.807) is 36.5 Å². The molecule has 0 aliphatic carbocycles. The third-order valence-corrected chi connectivity index (χ3v) is 3.91. The van der Waals surface area contributed by atoms with Crippen molar-refractivity contribution < 1.29 is 13.6 Å². The smallest absolute Gasteiger partial charge is 0.291 e. The molecule has 24 heavy (non-hydrogen) atoms. The molecule has 0 spiro atoms. The summed E-state index contributed by atoms with van der Waals surface area (Å²) in [5.41, 5.74) is 2.54. The molecular weight excluding hydrogens is 421 g/mol. The predicted octanol–water partition coefficient (Wildman–Crippen LogP) is 4.34. The van der Waals surface area contributed by atoms with Crippen molar-refractivity contribution in [1.29, 1.82) is 0 Å². The van der Waals surface area contributed by atoms with Crippen molar-refractivity contribution in [3.63, 3.8) is 0 Å². The Labute approximate surface area is 150 Å². The van der Waals surface area contributed by atoms with E-state index >= 15 is 0 Å². The molecule has 1 amide bonds. The van der Waals surface area contributed by atoms with Crippen molar-refractivity contribution in [2.45, 2.75) is 0 Å². The third kappa shape index (κ3) is 2.90. The van der Waals surface area contributed by atoms with Crippen LogP contribution >= 0.6 is 22.6 Å². The van der Waals surface area contributed by atoms with Crippen LogP contribution in [-0.2, 0) is 0 Å². The van der Waals surface area contributed by atoms with E-state index in [0.29, 0.717) is 26.6 Å². The number of furan rings is 1. The number of carbonyl (C=O) groups excluding carboxylic acids is 1. The van der Waals surface area contributed by atoms with Gasteiger partial charge in [0, 0.05) is 17.4 Å². The Morgan fingerprint density at radius 3 is 2.79 bits per heavy atom. The Balaban J connectivity index is 1.62. The molecule has 0 fully saturated rings. The van der Waals surface area contributed by atoms with E-state index in [0.717, 1.165) is 5.56 Å². The van der Waals surface area contributed by atoms with E-state index in [2.05, 4.69) is 15.3 Å². The van der Waals surface area contributed by atoms with Crippen molar-refractivity contribution in [2.24, 2.45) is 0 Å². The first-order chi connectivity index (χ1) is 11.7. The molecule has 0 saturated heterocycles. The van der Waals surface area contributed by atoms with Gasteiger partial charge in [-0.2, -0.15) is 4.98 Å². The summed E-state index contributed by atoms with van der Waals surface area (Å²) in [4.78, 5) is 20.7. The van der Waals surface area contributed by atoms with E-state index in [-0.39, 0.29) is 11.7 Å². The third-order valence-electron chi connectivity index (χ3n) is 3.33. The quantitative estimate of drug-likeness (QED) is 0.489. The van der Waals surface area contributed by atoms with Gasteiger partial charge >= 0.3 is 0 Å². The highest BCUT2D eigenvalue weighted by Gasteiger charge is 2.13. The first-order valence-electron chi connectivity index (χ1n) is 7.08. The summed E-state index contributed by atoms with van der Waals surface area (Å²) in [6.07, 6.45) is 1.66. The van der Waals surface area contributed by atoms with Gasteiger partial charge in [-0.05, 0) is 65.1 Å². The molecule has 7 heteroatoms. The summed E-state index contributed by atoms with van der Waals surface area (Å²) < 4.78 is 11.7. The Bertz CT molecular complexity index is 1010. The highest BCUT2D eigenvalue weighted by molar-refractivity contribution is 14.1. The van der Waals surface area contributed by atoms with Crippen LogP contribution in [0.25, 0.3) is 22.7 Å². The fourth-order valence-corrected chi connectivity index (χ4v) is 2.67. The largest absolute Gasteiger partial charge is 0.445 e. The molecule has 118 valence electrons. The topological polar surface area (TPSA) is 81.2 Å². The number of halogens is 1. The lowest BCUT2D eigenvalue weighted by atomic mass is 10.2. The first-order valence-corrected chi connectivity index (χ1v) is 8.15. The lowest BCUT2D eigenvalue weighted by molar-refractivity contribution is 0.0995. The van der Waals surface area contributed by atoms with Gasteiger partial charge in [0.15, 0.2) is 20.8 Å². The zero-order chi connectivity index (χ0) is 16.5. The number of hydrogen-bond acceptors (Lipinski definition) is 5. The Morgan fingerprint density at radius 2 is 2.00 bits per heavy atom. The number of fused-ring (bicyclic) bond motifs is 1. The predicted molar refractivity (Wildman–Crippen MR) is 96.6 cm³/mol. The van der Waals surface area contributed by atoms with Gasteiger partial charge in [-0.15, -0.1) is 0 Å². The standard InChI is InChI=1S/C17H10IN3O3/c18-14-7-6-13(23-14)16(22)20-11-4-1-3-10(9-11)17-21-15-12(24-17)5-2-8-19-15/h1-9H,(H,20,22). The number of benzene rings is 1. The number of oxazole rings is 1. The second-order valence-electron chi connectivity index (χ2n) is 4.98. The summed E-state index contributed by atoms with van der Waals surface area (Å²) in [6, 6.07) is 14.2. The normalized spacial score (nSPS) is 10.9. The molecule has 0 aliphatic rings. The molecule has 1 N–H and O–H groups in total. The molecule has 0 unspecified atom stereocenters. The van der Waals surface area contributed by atoms with E-state index in [9.17, 15) is 4.79 Å². The van der Waals surface area contributed by atoms with Crippen LogP contribution in [0.5, 0.6) is 0 Å². The lowest BCUT2D eigenvalue weighted by Crippen LogP contribution is -2.10. The van der Waals surface area contributed by atoms with Gasteiger partial charge in [0.05, 0.1) is 0 Å². The number of pyridine rings is 1. The van der Waals surface area contributed by atoms with Crippen LogP contribution in [0, 0.1) is 3.77 Å². The van der Waals surface area contributed by atoms with Gasteiger partial charge in [-0.1, -0.05) is 6.07 Å². The number of nitrogens with one attached hydrogen (secondary N) is 1. The van der Waals surface area contributed by atoms with Crippen LogP contribution in [-0.4, -0.2) is 15.9 Å². The molecule has 6 nitrogen and oxygen atoms in total. The molecule has 0 aliphatic heterocycles. The van der Waals surface area contributed by atoms with Crippen molar-refractivity contribution in [2.75, 3.05) is 5.32 Å². The van der Waals surface area contributed by atoms with Crippen molar-refractivity contribution in [1.82, 2.24) is 9.97 Å². The fourth-order valence-electron chi connectivity index (χ4n) is 2.25. The highest BCUT2D eigenvalue weighted by Crippen LogP contribution is 2.25. The van der Waals surface area contributed by atoms with Crippen LogP contribution in [0.3, 0.4) is 0 Å². The lowest BCUT2D eigenvalue weighted by Gasteiger charge is -2.04. The molecule has 4 aromatic rings. The van der Waals surface area contributed by atoms with Crippen LogP contribution < -0.4 is 5.32 Å². The molecule has 1 aromatic carbocycles. The minimum atomic E-state index is -0.311. The van der Waals surface area contributed by atoms with Crippen LogP contribution in [0.2, 0.25) is 0 Å². The van der Waals surface area contributed by atoms with Crippen LogP contribution in [0.1, 0.15) is 10.6 Å². The summed E-state index contributed by atoms with van der Waals surface area (Å²) in [5.74, 6) is 0.400. The maximum Gasteiger partial charge on any atom is 0.291 e. The maximum absolute atomic E-state index is 12.2. The first kappa shape index (κ1) is 14.9. The van der Waals surface area contributed by atoms with Crippen molar-refractivity contribution in [3.8, 4) is 11.5 Å². The van der Waals surface area contributed by atoms with Gasteiger partial charge < -0.3 is 14.2 Å². The van der Waals surface area contributed by atoms with Gasteiger partial charge in [-0.25, -0.2) is 4.98 Å². The average molecular weight is 431 g/mol. The number of anilines is 1. The number of hydrogen-bond donors (Lipinski definition) is 1. The summed E-state index contributed by atoms with van der Waals surface area (Å²) in [5, 5.41) is 2.79. The maximum atomic E-state index is 12.2. The monoisotopic (exact) mass is 431 g/mol. The van der Waals surface area contributed by atoms with Crippen molar-refractivity contribution >= 4 is 45.4 Å². The Kier molecular flexibility index (Phi) is 3.77. The van der Waals surface area contributed by atoms with E-state index in [1.165, 1.54) is 0 Å². The Morgan fingerprint density at radius 1 is 1.08 bits per heavy atom. The SMILES string of the molecule is O=C(Nc1cccc(-c2nc3ncccc3o2)c1)c1ccc(I)o1. The summed E-state index contributed by atoms with van der Waals surface area (Å²) in [6.45, 7) is 0. The molecule has 3 aromatic heterocycles. The number of aromatic nitrogens is 2.